The number of carbonyl (C=O) groups is 1. The van der Waals surface area contributed by atoms with Crippen LogP contribution in [0.4, 0.5) is 0 Å². The van der Waals surface area contributed by atoms with Crippen molar-refractivity contribution in [1.29, 1.82) is 0 Å². The van der Waals surface area contributed by atoms with Gasteiger partial charge in [0.1, 0.15) is 5.84 Å². The van der Waals surface area contributed by atoms with Gasteiger partial charge in [0.2, 0.25) is 0 Å². The van der Waals surface area contributed by atoms with Gasteiger partial charge in [0.15, 0.2) is 0 Å². The van der Waals surface area contributed by atoms with E-state index in [2.05, 4.69) is 21.1 Å². The molecule has 0 bridgehead atoms. The van der Waals surface area contributed by atoms with Crippen LogP contribution in [0.2, 0.25) is 0 Å². The van der Waals surface area contributed by atoms with Crippen molar-refractivity contribution in [2.75, 3.05) is 26.8 Å². The summed E-state index contributed by atoms with van der Waals surface area (Å²) in [6.45, 7) is 1.28. The lowest BCUT2D eigenvalue weighted by atomic mass is 10.2. The van der Waals surface area contributed by atoms with Gasteiger partial charge in [-0.15, -0.1) is 11.3 Å². The molecular formula is C11H16BrN3O3S. The van der Waals surface area contributed by atoms with Gasteiger partial charge < -0.3 is 20.6 Å². The summed E-state index contributed by atoms with van der Waals surface area (Å²) in [7, 11) is 1.58. The fraction of sp³-hybridized carbons (Fsp3) is 0.455. The Morgan fingerprint density at radius 2 is 2.37 bits per heavy atom. The van der Waals surface area contributed by atoms with E-state index < -0.39 is 0 Å². The van der Waals surface area contributed by atoms with Gasteiger partial charge in [0, 0.05) is 32.0 Å². The average molecular weight is 350 g/mol. The van der Waals surface area contributed by atoms with Crippen LogP contribution >= 0.6 is 27.3 Å². The van der Waals surface area contributed by atoms with Gasteiger partial charge in [0.25, 0.3) is 5.91 Å². The van der Waals surface area contributed by atoms with E-state index in [4.69, 9.17) is 15.7 Å². The lowest BCUT2D eigenvalue weighted by Crippen LogP contribution is -2.36. The van der Waals surface area contributed by atoms with Gasteiger partial charge in [0.05, 0.1) is 16.0 Å². The first kappa shape index (κ1) is 15.9. The summed E-state index contributed by atoms with van der Waals surface area (Å²) in [4.78, 5) is 13.9. The second-order valence-corrected chi connectivity index (χ2v) is 6.06. The molecule has 0 aliphatic heterocycles. The molecule has 1 rings (SSSR count). The zero-order chi connectivity index (χ0) is 14.3. The number of halogens is 1. The van der Waals surface area contributed by atoms with E-state index >= 15 is 0 Å². The maximum absolute atomic E-state index is 12.3. The molecule has 1 amide bonds. The van der Waals surface area contributed by atoms with Gasteiger partial charge >= 0.3 is 0 Å². The second-order valence-electron chi connectivity index (χ2n) is 3.77. The molecule has 19 heavy (non-hydrogen) atoms. The van der Waals surface area contributed by atoms with Crippen molar-refractivity contribution in [3.05, 3.63) is 20.8 Å². The number of nitrogens with zero attached hydrogens (tertiary/aromatic N) is 2. The molecule has 1 aromatic rings. The molecule has 0 radical (unpaired) electrons. The highest BCUT2D eigenvalue weighted by atomic mass is 79.9. The van der Waals surface area contributed by atoms with Crippen LogP contribution in [0.1, 0.15) is 16.8 Å². The van der Waals surface area contributed by atoms with Crippen molar-refractivity contribution in [1.82, 2.24) is 4.90 Å². The van der Waals surface area contributed by atoms with Crippen LogP contribution in [0.25, 0.3) is 0 Å². The molecule has 8 heteroatoms. The van der Waals surface area contributed by atoms with Gasteiger partial charge in [-0.05, 0) is 22.0 Å². The Bertz CT molecular complexity index is 450. The first-order chi connectivity index (χ1) is 9.08. The number of ether oxygens (including phenoxy) is 1. The number of hydrogen-bond donors (Lipinski definition) is 2. The molecule has 0 aromatic carbocycles. The smallest absolute Gasteiger partial charge is 0.254 e. The molecule has 0 atom stereocenters. The van der Waals surface area contributed by atoms with Crippen molar-refractivity contribution in [2.45, 2.75) is 6.42 Å². The first-order valence-corrected chi connectivity index (χ1v) is 7.24. The van der Waals surface area contributed by atoms with Crippen LogP contribution in [0.3, 0.4) is 0 Å². The molecule has 1 heterocycles. The second kappa shape index (κ2) is 8.13. The Morgan fingerprint density at radius 1 is 1.63 bits per heavy atom. The number of methoxy groups -OCH3 is 1. The average Bonchev–Trinajstić information content (AvgIpc) is 2.84. The molecule has 0 unspecified atom stereocenters. The van der Waals surface area contributed by atoms with E-state index in [0.717, 1.165) is 3.79 Å². The predicted octanol–water partition coefficient (Wildman–Crippen LogP) is 1.74. The van der Waals surface area contributed by atoms with Crippen LogP contribution in [0, 0.1) is 0 Å². The summed E-state index contributed by atoms with van der Waals surface area (Å²) in [6.07, 6.45) is 0.317. The highest BCUT2D eigenvalue weighted by Gasteiger charge is 2.17. The Hall–Kier alpha value is -1.12. The Balaban J connectivity index is 2.69. The van der Waals surface area contributed by atoms with E-state index in [-0.39, 0.29) is 11.7 Å². The Kier molecular flexibility index (Phi) is 6.82. The fourth-order valence-electron chi connectivity index (χ4n) is 1.42. The molecule has 0 aliphatic carbocycles. The monoisotopic (exact) mass is 349 g/mol. The lowest BCUT2D eigenvalue weighted by molar-refractivity contribution is 0.0701. The highest BCUT2D eigenvalue weighted by molar-refractivity contribution is 9.11. The largest absolute Gasteiger partial charge is 0.409 e. The number of hydrogen-bond acceptors (Lipinski definition) is 5. The van der Waals surface area contributed by atoms with Crippen molar-refractivity contribution in [2.24, 2.45) is 10.9 Å². The number of carbonyl (C=O) groups excluding carboxylic acids is 1. The fourth-order valence-corrected chi connectivity index (χ4v) is 2.55. The molecule has 0 fully saturated rings. The third kappa shape index (κ3) is 5.17. The topological polar surface area (TPSA) is 88.2 Å². The summed E-state index contributed by atoms with van der Waals surface area (Å²) in [6, 6.07) is 1.77. The minimum absolute atomic E-state index is 0.0928. The summed E-state index contributed by atoms with van der Waals surface area (Å²) < 4.78 is 5.89. The molecule has 0 saturated carbocycles. The molecule has 0 spiro atoms. The van der Waals surface area contributed by atoms with Crippen LogP contribution in [-0.2, 0) is 4.74 Å². The van der Waals surface area contributed by atoms with Gasteiger partial charge in [-0.25, -0.2) is 0 Å². The van der Waals surface area contributed by atoms with Crippen molar-refractivity contribution >= 4 is 39.0 Å². The van der Waals surface area contributed by atoms with E-state index in [9.17, 15) is 4.79 Å². The number of rotatable bonds is 7. The number of oxime groups is 1. The maximum Gasteiger partial charge on any atom is 0.254 e. The number of nitrogens with two attached hydrogens (primary N) is 1. The third-order valence-electron chi connectivity index (χ3n) is 2.43. The standard InChI is InChI=1S/C11H16BrN3O3S/c1-18-5-4-15(3-2-10(13)14-17)11(16)8-6-9(12)19-7-8/h6-7,17H,2-5H2,1H3,(H2,13,14). The number of thiophene rings is 1. The molecular weight excluding hydrogens is 334 g/mol. The van der Waals surface area contributed by atoms with Crippen LogP contribution < -0.4 is 5.73 Å². The molecule has 0 saturated heterocycles. The van der Waals surface area contributed by atoms with Crippen LogP contribution in [0.5, 0.6) is 0 Å². The van der Waals surface area contributed by atoms with Gasteiger partial charge in [-0.1, -0.05) is 5.16 Å². The molecule has 6 nitrogen and oxygen atoms in total. The Morgan fingerprint density at radius 3 is 2.89 bits per heavy atom. The van der Waals surface area contributed by atoms with Crippen molar-refractivity contribution in [3.8, 4) is 0 Å². The number of amides is 1. The van der Waals surface area contributed by atoms with Gasteiger partial charge in [-0.2, -0.15) is 0 Å². The lowest BCUT2D eigenvalue weighted by Gasteiger charge is -2.21. The van der Waals surface area contributed by atoms with E-state index in [1.54, 1.807) is 23.5 Å². The van der Waals surface area contributed by atoms with E-state index in [0.29, 0.717) is 31.7 Å². The molecule has 1 aromatic heterocycles. The highest BCUT2D eigenvalue weighted by Crippen LogP contribution is 2.21. The molecule has 0 aliphatic rings. The molecule has 3 N–H and O–H groups in total. The van der Waals surface area contributed by atoms with E-state index in [1.807, 2.05) is 0 Å². The minimum Gasteiger partial charge on any atom is -0.409 e. The summed E-state index contributed by atoms with van der Waals surface area (Å²) in [5, 5.41) is 13.2. The van der Waals surface area contributed by atoms with Gasteiger partial charge in [-0.3, -0.25) is 4.79 Å². The third-order valence-corrected chi connectivity index (χ3v) is 3.94. The normalized spacial score (nSPS) is 11.6. The SMILES string of the molecule is COCCN(CCC(N)=NO)C(=O)c1csc(Br)c1. The zero-order valence-electron chi connectivity index (χ0n) is 10.5. The summed E-state index contributed by atoms with van der Waals surface area (Å²) in [5.74, 6) is 0.00598. The van der Waals surface area contributed by atoms with Crippen molar-refractivity contribution < 1.29 is 14.7 Å². The minimum atomic E-state index is -0.0928. The summed E-state index contributed by atoms with van der Waals surface area (Å²) in [5.41, 5.74) is 6.04. The van der Waals surface area contributed by atoms with Crippen molar-refractivity contribution in [3.63, 3.8) is 0 Å². The molecule has 106 valence electrons. The first-order valence-electron chi connectivity index (χ1n) is 5.57. The zero-order valence-corrected chi connectivity index (χ0v) is 12.9. The quantitative estimate of drug-likeness (QED) is 0.339. The number of amidine groups is 1. The maximum atomic E-state index is 12.3. The summed E-state index contributed by atoms with van der Waals surface area (Å²) >= 11 is 4.78. The van der Waals surface area contributed by atoms with Crippen LogP contribution in [0.15, 0.2) is 20.4 Å². The van der Waals surface area contributed by atoms with Crippen LogP contribution in [-0.4, -0.2) is 48.7 Å². The van der Waals surface area contributed by atoms with E-state index in [1.165, 1.54) is 11.3 Å². The predicted molar refractivity (Wildman–Crippen MR) is 77.8 cm³/mol. The Labute approximate surface area is 124 Å².